The molecule has 0 saturated carbocycles. The van der Waals surface area contributed by atoms with Gasteiger partial charge in [-0.15, -0.1) is 0 Å². The van der Waals surface area contributed by atoms with E-state index in [1.807, 2.05) is 0 Å². The highest BCUT2D eigenvalue weighted by atomic mass is 16.3. The van der Waals surface area contributed by atoms with E-state index < -0.39 is 0 Å². The maximum absolute atomic E-state index is 7.05. The maximum Gasteiger partial charge on any atom is 0.159 e. The normalized spacial score (nSPS) is 17.5. The number of benzene rings is 8. The number of anilines is 4. The van der Waals surface area contributed by atoms with Crippen LogP contribution in [0, 0.1) is 5.92 Å². The van der Waals surface area contributed by atoms with Gasteiger partial charge in [0.05, 0.1) is 11.4 Å². The van der Waals surface area contributed by atoms with Crippen molar-refractivity contribution in [3.63, 3.8) is 0 Å². The number of rotatable bonds is 6. The second-order valence-electron chi connectivity index (χ2n) is 24.1. The fourth-order valence-electron chi connectivity index (χ4n) is 13.2. The van der Waals surface area contributed by atoms with Crippen LogP contribution in [-0.4, -0.2) is 0 Å². The van der Waals surface area contributed by atoms with Gasteiger partial charge in [-0.25, -0.2) is 0 Å². The van der Waals surface area contributed by atoms with Crippen molar-refractivity contribution in [2.24, 2.45) is 5.92 Å². The lowest BCUT2D eigenvalue weighted by Gasteiger charge is -2.33. The fraction of sp³-hybridized carbons (Fsp3) is 0.194. The Morgan fingerprint density at radius 2 is 1.10 bits per heavy atom. The Bertz CT molecular complexity index is 4590. The van der Waals surface area contributed by atoms with Crippen LogP contribution in [0.4, 0.5) is 22.7 Å². The lowest BCUT2D eigenvalue weighted by molar-refractivity contribution is 0.544. The van der Waals surface area contributed by atoms with E-state index in [2.05, 4.69) is 253 Å². The zero-order valence-corrected chi connectivity index (χ0v) is 45.4. The van der Waals surface area contributed by atoms with Crippen LogP contribution in [0.5, 0.6) is 0 Å². The van der Waals surface area contributed by atoms with Gasteiger partial charge < -0.3 is 27.5 Å². The molecule has 0 N–H and O–H groups in total. The maximum atomic E-state index is 7.05. The molecule has 0 bridgehead atoms. The van der Waals surface area contributed by atoms with Crippen molar-refractivity contribution in [3.05, 3.63) is 227 Å². The zero-order chi connectivity index (χ0) is 52.9. The molecule has 3 aliphatic rings. The predicted molar refractivity (Wildman–Crippen MR) is 324 cm³/mol. The second kappa shape index (κ2) is 16.9. The van der Waals surface area contributed by atoms with Gasteiger partial charge in [0, 0.05) is 83.2 Å². The summed E-state index contributed by atoms with van der Waals surface area (Å²) >= 11 is 0. The van der Waals surface area contributed by atoms with Gasteiger partial charge in [-0.05, 0) is 130 Å². The molecule has 4 heterocycles. The second-order valence-corrected chi connectivity index (χ2v) is 24.1. The van der Waals surface area contributed by atoms with Crippen molar-refractivity contribution >= 4 is 111 Å². The van der Waals surface area contributed by atoms with Crippen molar-refractivity contribution < 1.29 is 17.7 Å². The summed E-state index contributed by atoms with van der Waals surface area (Å²) in [5.74, 6) is 2.49. The highest BCUT2D eigenvalue weighted by Crippen LogP contribution is 2.52. The van der Waals surface area contributed by atoms with E-state index in [9.17, 15) is 0 Å². The van der Waals surface area contributed by atoms with Crippen molar-refractivity contribution in [1.29, 1.82) is 0 Å². The Balaban J connectivity index is 0.807. The Kier molecular flexibility index (Phi) is 10.1. The van der Waals surface area contributed by atoms with Gasteiger partial charge in [-0.3, -0.25) is 0 Å². The molecule has 3 aliphatic carbocycles. The molecule has 8 aromatic carbocycles. The molecule has 3 atom stereocenters. The van der Waals surface area contributed by atoms with Crippen LogP contribution in [0.2, 0.25) is 0 Å². The highest BCUT2D eigenvalue weighted by molar-refractivity contribution is 6.14. The molecule has 0 spiro atoms. The summed E-state index contributed by atoms with van der Waals surface area (Å²) in [5.41, 5.74) is 17.7. The van der Waals surface area contributed by atoms with Crippen molar-refractivity contribution in [1.82, 2.24) is 0 Å². The molecule has 78 heavy (non-hydrogen) atoms. The first-order chi connectivity index (χ1) is 37.7. The summed E-state index contributed by atoms with van der Waals surface area (Å²) in [7, 11) is 0. The Morgan fingerprint density at radius 3 is 1.83 bits per heavy atom. The Labute approximate surface area is 453 Å². The van der Waals surface area contributed by atoms with Gasteiger partial charge in [0.2, 0.25) is 0 Å². The number of allylic oxidation sites excluding steroid dienone is 5. The molecule has 382 valence electrons. The zero-order valence-electron chi connectivity index (χ0n) is 45.4. The number of furan rings is 4. The SMILES string of the molecule is CC1CC=C(N(c2ccccc2)c2ccc3cc4c(cc3c2)oc2cc3c5c(oc3cc24)C=C2C=C(N(c3ccccc3)c3cccc4c3oc3c(C(C)(C)C)cccc34)C=CC2C5C)c2oc3c(C(C)(C)C)cccc3c21. The van der Waals surface area contributed by atoms with Gasteiger partial charge in [-0.1, -0.05) is 159 Å². The Morgan fingerprint density at radius 1 is 0.474 bits per heavy atom. The molecule has 15 rings (SSSR count). The van der Waals surface area contributed by atoms with E-state index in [1.54, 1.807) is 0 Å². The van der Waals surface area contributed by atoms with Crippen LogP contribution in [0.3, 0.4) is 0 Å². The van der Waals surface area contributed by atoms with E-state index in [-0.39, 0.29) is 22.7 Å². The van der Waals surface area contributed by atoms with Gasteiger partial charge >= 0.3 is 0 Å². The van der Waals surface area contributed by atoms with Crippen LogP contribution >= 0.6 is 0 Å². The van der Waals surface area contributed by atoms with Crippen LogP contribution in [-0.2, 0) is 10.8 Å². The summed E-state index contributed by atoms with van der Waals surface area (Å²) in [4.78, 5) is 4.71. The topological polar surface area (TPSA) is 59.0 Å². The van der Waals surface area contributed by atoms with E-state index in [1.165, 1.54) is 33.2 Å². The van der Waals surface area contributed by atoms with Crippen LogP contribution in [0.15, 0.2) is 211 Å². The van der Waals surface area contributed by atoms with Gasteiger partial charge in [0.15, 0.2) is 11.3 Å². The minimum atomic E-state index is -0.0751. The smallest absolute Gasteiger partial charge is 0.159 e. The summed E-state index contributed by atoms with van der Waals surface area (Å²) < 4.78 is 27.8. The minimum absolute atomic E-state index is 0.0644. The molecule has 6 heteroatoms. The van der Waals surface area contributed by atoms with Crippen molar-refractivity contribution in [3.8, 4) is 0 Å². The number of hydrogen-bond donors (Lipinski definition) is 0. The van der Waals surface area contributed by atoms with Gasteiger partial charge in [0.1, 0.15) is 33.7 Å². The van der Waals surface area contributed by atoms with Gasteiger partial charge in [0.25, 0.3) is 0 Å². The lowest BCUT2D eigenvalue weighted by Crippen LogP contribution is -2.21. The van der Waals surface area contributed by atoms with E-state index in [4.69, 9.17) is 17.7 Å². The summed E-state index contributed by atoms with van der Waals surface area (Å²) in [6.07, 6.45) is 12.5. The first-order valence-electron chi connectivity index (χ1n) is 27.6. The molecule has 0 radical (unpaired) electrons. The average Bonchev–Trinajstić information content (AvgIpc) is 4.34. The number of nitrogens with zero attached hydrogens (tertiary/aromatic N) is 2. The first-order valence-corrected chi connectivity index (χ1v) is 27.6. The molecule has 12 aromatic rings. The summed E-state index contributed by atoms with van der Waals surface area (Å²) in [5, 5.41) is 8.90. The van der Waals surface area contributed by atoms with Gasteiger partial charge in [-0.2, -0.15) is 0 Å². The van der Waals surface area contributed by atoms with Crippen molar-refractivity contribution in [2.75, 3.05) is 9.80 Å². The molecule has 0 aliphatic heterocycles. The molecule has 0 saturated heterocycles. The van der Waals surface area contributed by atoms with Crippen molar-refractivity contribution in [2.45, 2.75) is 84.5 Å². The summed E-state index contributed by atoms with van der Waals surface area (Å²) in [6.45, 7) is 18.2. The third-order valence-electron chi connectivity index (χ3n) is 17.0. The third-order valence-corrected chi connectivity index (χ3v) is 17.0. The average molecular weight is 1020 g/mol. The minimum Gasteiger partial charge on any atom is -0.456 e. The molecule has 6 nitrogen and oxygen atoms in total. The highest BCUT2D eigenvalue weighted by Gasteiger charge is 2.36. The number of hydrogen-bond acceptors (Lipinski definition) is 6. The third kappa shape index (κ3) is 7.08. The molecule has 4 aromatic heterocycles. The molecule has 3 unspecified atom stereocenters. The fourth-order valence-corrected chi connectivity index (χ4v) is 13.2. The Hall–Kier alpha value is -8.74. The lowest BCUT2D eigenvalue weighted by atomic mass is 9.75. The van der Waals surface area contributed by atoms with E-state index >= 15 is 0 Å². The molecule has 0 fully saturated rings. The largest absolute Gasteiger partial charge is 0.456 e. The quantitative estimate of drug-likeness (QED) is 0.165. The standard InChI is InChI=1S/C72H60N2O4/c1-41-28-33-60(70-65(41)53-24-16-26-58(68(53)78-70)72(6,7)8)74(47-20-13-10-14-21-47)48-30-29-43-36-54-55-39-63-56(40-62(55)75-61(54)37-44(43)34-48)66-42(2)50-32-31-49(35-45(50)38-64(66)76-63)73(46-18-11-9-12-19-46)59-27-17-23-52-51-22-15-25-57(71(3,4)5)67(51)77-69(52)59/h9-27,29-42,50H,28H2,1-8H3. The molecule has 0 amide bonds. The van der Waals surface area contributed by atoms with Crippen LogP contribution < -0.4 is 9.80 Å². The van der Waals surface area contributed by atoms with E-state index in [0.717, 1.165) is 123 Å². The van der Waals surface area contributed by atoms with Crippen LogP contribution in [0.25, 0.3) is 88.4 Å². The number of para-hydroxylation sites is 5. The van der Waals surface area contributed by atoms with E-state index in [0.29, 0.717) is 5.92 Å². The molecular formula is C72H60N2O4. The van der Waals surface area contributed by atoms with Crippen LogP contribution in [0.1, 0.15) is 107 Å². The number of fused-ring (bicyclic) bond motifs is 14. The predicted octanol–water partition coefficient (Wildman–Crippen LogP) is 20.8. The first kappa shape index (κ1) is 46.6. The summed E-state index contributed by atoms with van der Waals surface area (Å²) in [6, 6.07) is 56.7. The molecular weight excluding hydrogens is 957 g/mol. The monoisotopic (exact) mass is 1020 g/mol.